The highest BCUT2D eigenvalue weighted by Gasteiger charge is 2.33. The molecule has 0 bridgehead atoms. The Labute approximate surface area is 86.3 Å². The van der Waals surface area contributed by atoms with Crippen molar-refractivity contribution in [3.63, 3.8) is 0 Å². The molecule has 15 heavy (non-hydrogen) atoms. The summed E-state index contributed by atoms with van der Waals surface area (Å²) < 4.78 is 0. The molecule has 7 heteroatoms. The number of hydrogen-bond acceptors (Lipinski definition) is 4. The molecule has 0 spiro atoms. The first kappa shape index (κ1) is 11.7. The number of β-amino-alcohol motifs (C(OH)–C–C–N with tert-alkyl or cyclic N) is 2. The van der Waals surface area contributed by atoms with Crippen molar-refractivity contribution in [1.82, 2.24) is 10.2 Å². The summed E-state index contributed by atoms with van der Waals surface area (Å²) in [6.45, 7) is 1.36. The van der Waals surface area contributed by atoms with Gasteiger partial charge in [0.05, 0.1) is 25.3 Å². The number of rotatable bonds is 2. The Balaban J connectivity index is 2.45. The molecule has 1 aliphatic heterocycles. The van der Waals surface area contributed by atoms with Crippen molar-refractivity contribution in [2.24, 2.45) is 0 Å². The molecule has 4 N–H and O–H groups in total. The van der Waals surface area contributed by atoms with Crippen LogP contribution in [0.1, 0.15) is 6.92 Å². The summed E-state index contributed by atoms with van der Waals surface area (Å²) in [5.74, 6) is -1.14. The van der Waals surface area contributed by atoms with Gasteiger partial charge in [-0.25, -0.2) is 4.79 Å². The first-order chi connectivity index (χ1) is 6.91. The number of urea groups is 1. The molecule has 1 fully saturated rings. The molecule has 0 radical (unpaired) electrons. The second kappa shape index (κ2) is 4.45. The third-order valence-electron chi connectivity index (χ3n) is 2.26. The minimum Gasteiger partial charge on any atom is -0.480 e. The molecule has 0 aromatic carbocycles. The third kappa shape index (κ3) is 2.80. The van der Waals surface area contributed by atoms with Gasteiger partial charge in [0, 0.05) is 0 Å². The van der Waals surface area contributed by atoms with E-state index < -0.39 is 30.3 Å². The van der Waals surface area contributed by atoms with E-state index in [0.717, 1.165) is 0 Å². The molecule has 3 unspecified atom stereocenters. The van der Waals surface area contributed by atoms with Crippen LogP contribution in [0.3, 0.4) is 0 Å². The van der Waals surface area contributed by atoms with Crippen LogP contribution in [0.5, 0.6) is 0 Å². The summed E-state index contributed by atoms with van der Waals surface area (Å²) in [4.78, 5) is 23.0. The van der Waals surface area contributed by atoms with E-state index >= 15 is 0 Å². The second-order valence-electron chi connectivity index (χ2n) is 3.55. The summed E-state index contributed by atoms with van der Waals surface area (Å²) in [5.41, 5.74) is 0. The molecular formula is C8H14N2O5. The van der Waals surface area contributed by atoms with Gasteiger partial charge in [0.2, 0.25) is 0 Å². The van der Waals surface area contributed by atoms with Gasteiger partial charge >= 0.3 is 12.0 Å². The van der Waals surface area contributed by atoms with Gasteiger partial charge < -0.3 is 25.5 Å². The lowest BCUT2D eigenvalue weighted by atomic mass is 10.3. The van der Waals surface area contributed by atoms with Crippen LogP contribution in [-0.4, -0.2) is 63.6 Å². The summed E-state index contributed by atoms with van der Waals surface area (Å²) in [7, 11) is 0. The first-order valence-electron chi connectivity index (χ1n) is 4.56. The lowest BCUT2D eigenvalue weighted by molar-refractivity contribution is -0.138. The number of carbonyl (C=O) groups is 2. The number of amides is 2. The number of carboxylic acids is 1. The molecule has 0 aromatic heterocycles. The van der Waals surface area contributed by atoms with Crippen molar-refractivity contribution >= 4 is 12.0 Å². The monoisotopic (exact) mass is 218 g/mol. The second-order valence-corrected chi connectivity index (χ2v) is 3.55. The van der Waals surface area contributed by atoms with Crippen molar-refractivity contribution < 1.29 is 24.9 Å². The minimum absolute atomic E-state index is 0.0132. The van der Waals surface area contributed by atoms with E-state index in [0.29, 0.717) is 0 Å². The highest BCUT2D eigenvalue weighted by Crippen LogP contribution is 2.09. The zero-order valence-corrected chi connectivity index (χ0v) is 8.25. The van der Waals surface area contributed by atoms with Crippen LogP contribution in [0.15, 0.2) is 0 Å². The molecule has 0 saturated carbocycles. The van der Waals surface area contributed by atoms with Gasteiger partial charge in [-0.05, 0) is 6.92 Å². The number of nitrogens with zero attached hydrogens (tertiary/aromatic N) is 1. The van der Waals surface area contributed by atoms with Crippen LogP contribution < -0.4 is 5.32 Å². The number of nitrogens with one attached hydrogen (secondary N) is 1. The van der Waals surface area contributed by atoms with Gasteiger partial charge in [0.15, 0.2) is 0 Å². The van der Waals surface area contributed by atoms with Gasteiger partial charge in [0.25, 0.3) is 0 Å². The maximum Gasteiger partial charge on any atom is 0.325 e. The zero-order chi connectivity index (χ0) is 11.6. The quantitative estimate of drug-likeness (QED) is 0.437. The highest BCUT2D eigenvalue weighted by atomic mass is 16.4. The molecule has 2 amide bonds. The van der Waals surface area contributed by atoms with Crippen molar-refractivity contribution in [2.45, 2.75) is 25.2 Å². The number of aliphatic carboxylic acids is 1. The molecule has 1 rings (SSSR count). The SMILES string of the molecule is CC(NC(=O)N1CC(O)C(O)C1)C(=O)O. The van der Waals surface area contributed by atoms with E-state index in [1.54, 1.807) is 0 Å². The predicted octanol–water partition coefficient (Wildman–Crippen LogP) is -1.79. The number of aliphatic hydroxyl groups excluding tert-OH is 2. The van der Waals surface area contributed by atoms with E-state index in [1.807, 2.05) is 0 Å². The van der Waals surface area contributed by atoms with Crippen molar-refractivity contribution in [2.75, 3.05) is 13.1 Å². The van der Waals surface area contributed by atoms with Crippen molar-refractivity contribution in [1.29, 1.82) is 0 Å². The van der Waals surface area contributed by atoms with Crippen LogP contribution in [0.4, 0.5) is 4.79 Å². The Morgan fingerprint density at radius 2 is 1.80 bits per heavy atom. The van der Waals surface area contributed by atoms with Crippen LogP contribution >= 0.6 is 0 Å². The smallest absolute Gasteiger partial charge is 0.325 e. The number of aliphatic hydroxyl groups is 2. The van der Waals surface area contributed by atoms with Gasteiger partial charge in [0.1, 0.15) is 6.04 Å². The molecule has 3 atom stereocenters. The lowest BCUT2D eigenvalue weighted by Crippen LogP contribution is -2.46. The first-order valence-corrected chi connectivity index (χ1v) is 4.56. The predicted molar refractivity (Wildman–Crippen MR) is 49.2 cm³/mol. The maximum absolute atomic E-state index is 11.4. The molecule has 1 saturated heterocycles. The summed E-state index contributed by atoms with van der Waals surface area (Å²) in [6.07, 6.45) is -1.92. The minimum atomic E-state index is -1.14. The highest BCUT2D eigenvalue weighted by molar-refractivity contribution is 5.82. The molecular weight excluding hydrogens is 204 g/mol. The van der Waals surface area contributed by atoms with Gasteiger partial charge in [-0.3, -0.25) is 4.79 Å². The molecule has 7 nitrogen and oxygen atoms in total. The maximum atomic E-state index is 11.4. The molecule has 1 heterocycles. The molecule has 0 aromatic rings. The van der Waals surface area contributed by atoms with E-state index in [9.17, 15) is 19.8 Å². The number of hydrogen-bond donors (Lipinski definition) is 4. The standard InChI is InChI=1S/C8H14N2O5/c1-4(7(13)14)9-8(15)10-2-5(11)6(12)3-10/h4-6,11-12H,2-3H2,1H3,(H,9,15)(H,13,14). The fourth-order valence-electron chi connectivity index (χ4n) is 1.27. The number of likely N-dealkylation sites (tertiary alicyclic amines) is 1. The van der Waals surface area contributed by atoms with Crippen LogP contribution in [0.25, 0.3) is 0 Å². The van der Waals surface area contributed by atoms with Crippen LogP contribution in [0, 0.1) is 0 Å². The van der Waals surface area contributed by atoms with Crippen molar-refractivity contribution in [3.05, 3.63) is 0 Å². The third-order valence-corrected chi connectivity index (χ3v) is 2.26. The Kier molecular flexibility index (Phi) is 3.48. The van der Waals surface area contributed by atoms with Crippen LogP contribution in [0.2, 0.25) is 0 Å². The average Bonchev–Trinajstić information content (AvgIpc) is 2.46. The average molecular weight is 218 g/mol. The van der Waals surface area contributed by atoms with E-state index in [2.05, 4.69) is 5.32 Å². The van der Waals surface area contributed by atoms with Gasteiger partial charge in [-0.1, -0.05) is 0 Å². The fourth-order valence-corrected chi connectivity index (χ4v) is 1.27. The molecule has 0 aliphatic carbocycles. The van der Waals surface area contributed by atoms with E-state index in [4.69, 9.17) is 5.11 Å². The number of carboxylic acid groups (broad SMARTS) is 1. The van der Waals surface area contributed by atoms with E-state index in [-0.39, 0.29) is 13.1 Å². The Bertz CT molecular complexity index is 260. The summed E-state index contributed by atoms with van der Waals surface area (Å²) >= 11 is 0. The Morgan fingerprint density at radius 3 is 2.20 bits per heavy atom. The largest absolute Gasteiger partial charge is 0.480 e. The Morgan fingerprint density at radius 1 is 1.33 bits per heavy atom. The zero-order valence-electron chi connectivity index (χ0n) is 8.25. The van der Waals surface area contributed by atoms with E-state index in [1.165, 1.54) is 11.8 Å². The molecule has 86 valence electrons. The number of carbonyl (C=O) groups excluding carboxylic acids is 1. The topological polar surface area (TPSA) is 110 Å². The fraction of sp³-hybridized carbons (Fsp3) is 0.750. The van der Waals surface area contributed by atoms with Gasteiger partial charge in [-0.15, -0.1) is 0 Å². The lowest BCUT2D eigenvalue weighted by Gasteiger charge is -2.18. The van der Waals surface area contributed by atoms with Gasteiger partial charge in [-0.2, -0.15) is 0 Å². The van der Waals surface area contributed by atoms with Crippen molar-refractivity contribution in [3.8, 4) is 0 Å². The molecule has 1 aliphatic rings. The van der Waals surface area contributed by atoms with Crippen LogP contribution in [-0.2, 0) is 4.79 Å². The summed E-state index contributed by atoms with van der Waals surface area (Å²) in [6, 6.07) is -1.59. The Hall–Kier alpha value is -1.34. The normalized spacial score (nSPS) is 27.5. The summed E-state index contributed by atoms with van der Waals surface area (Å²) in [5, 5.41) is 29.1.